The van der Waals surface area contributed by atoms with Crippen LogP contribution in [0.2, 0.25) is 5.02 Å². The average Bonchev–Trinajstić information content (AvgIpc) is 2.48. The van der Waals surface area contributed by atoms with Gasteiger partial charge in [-0.05, 0) is 37.0 Å². The van der Waals surface area contributed by atoms with E-state index in [2.05, 4.69) is 6.92 Å². The number of hydrogen-bond acceptors (Lipinski definition) is 4. The van der Waals surface area contributed by atoms with Crippen LogP contribution in [0.1, 0.15) is 30.1 Å². The van der Waals surface area contributed by atoms with E-state index in [0.717, 1.165) is 25.9 Å². The normalized spacial score (nSPS) is 15.8. The van der Waals surface area contributed by atoms with E-state index < -0.39 is 5.97 Å². The number of hydrogen-bond donors (Lipinski definition) is 1. The number of benzene rings is 1. The molecule has 114 valence electrons. The van der Waals surface area contributed by atoms with Crippen LogP contribution in [0.25, 0.3) is 0 Å². The number of ether oxygens (including phenoxy) is 1. The quantitative estimate of drug-likeness (QED) is 0.687. The zero-order valence-corrected chi connectivity index (χ0v) is 12.7. The summed E-state index contributed by atoms with van der Waals surface area (Å²) in [6.45, 7) is 3.39. The highest BCUT2D eigenvalue weighted by atomic mass is 35.5. The standard InChI is InChI=1S/C15H19ClN2O3/c1-10-4-6-18(7-5-10)14(19)9-21-15(20)11-2-3-12(16)13(17)8-11/h2-3,8,10H,4-7,9,17H2,1H3. The third-order valence-electron chi connectivity index (χ3n) is 3.69. The first kappa shape index (κ1) is 15.6. The Hall–Kier alpha value is -1.75. The van der Waals surface area contributed by atoms with Gasteiger partial charge in [0, 0.05) is 13.1 Å². The third-order valence-corrected chi connectivity index (χ3v) is 4.04. The Balaban J connectivity index is 1.86. The smallest absolute Gasteiger partial charge is 0.338 e. The molecule has 1 aliphatic heterocycles. The number of nitrogen functional groups attached to an aromatic ring is 1. The molecule has 1 aromatic rings. The Labute approximate surface area is 129 Å². The van der Waals surface area contributed by atoms with Crippen molar-refractivity contribution in [2.75, 3.05) is 25.4 Å². The Morgan fingerprint density at radius 3 is 2.67 bits per heavy atom. The summed E-state index contributed by atoms with van der Waals surface area (Å²) >= 11 is 5.79. The van der Waals surface area contributed by atoms with E-state index in [0.29, 0.717) is 16.6 Å². The topological polar surface area (TPSA) is 72.6 Å². The molecule has 2 rings (SSSR count). The number of nitrogens with zero attached hydrogens (tertiary/aromatic N) is 1. The number of esters is 1. The van der Waals surface area contributed by atoms with Gasteiger partial charge < -0.3 is 15.4 Å². The number of amides is 1. The molecule has 0 aliphatic carbocycles. The lowest BCUT2D eigenvalue weighted by Crippen LogP contribution is -2.40. The van der Waals surface area contributed by atoms with Crippen LogP contribution in [0.4, 0.5) is 5.69 Å². The van der Waals surface area contributed by atoms with Crippen molar-refractivity contribution in [3.63, 3.8) is 0 Å². The summed E-state index contributed by atoms with van der Waals surface area (Å²) in [7, 11) is 0. The summed E-state index contributed by atoms with van der Waals surface area (Å²) in [5, 5.41) is 0.380. The van der Waals surface area contributed by atoms with Gasteiger partial charge >= 0.3 is 5.97 Å². The van der Waals surface area contributed by atoms with Crippen molar-refractivity contribution in [2.45, 2.75) is 19.8 Å². The maximum absolute atomic E-state index is 12.0. The fourth-order valence-corrected chi connectivity index (χ4v) is 2.35. The fourth-order valence-electron chi connectivity index (χ4n) is 2.23. The minimum atomic E-state index is -0.572. The summed E-state index contributed by atoms with van der Waals surface area (Å²) in [6.07, 6.45) is 1.99. The molecule has 6 heteroatoms. The highest BCUT2D eigenvalue weighted by Crippen LogP contribution is 2.20. The van der Waals surface area contributed by atoms with Crippen LogP contribution < -0.4 is 5.73 Å². The second-order valence-electron chi connectivity index (χ2n) is 5.38. The van der Waals surface area contributed by atoms with E-state index in [9.17, 15) is 9.59 Å². The van der Waals surface area contributed by atoms with Crippen LogP contribution in [0.15, 0.2) is 18.2 Å². The van der Waals surface area contributed by atoms with Crippen molar-refractivity contribution in [2.24, 2.45) is 5.92 Å². The number of piperidine rings is 1. The maximum Gasteiger partial charge on any atom is 0.338 e. The molecule has 1 heterocycles. The van der Waals surface area contributed by atoms with Gasteiger partial charge in [0.1, 0.15) is 0 Å². The minimum absolute atomic E-state index is 0.155. The van der Waals surface area contributed by atoms with Gasteiger partial charge in [-0.25, -0.2) is 4.79 Å². The van der Waals surface area contributed by atoms with Crippen LogP contribution in [0, 0.1) is 5.92 Å². The lowest BCUT2D eigenvalue weighted by Gasteiger charge is -2.30. The van der Waals surface area contributed by atoms with Crippen LogP contribution in [-0.2, 0) is 9.53 Å². The molecule has 0 unspecified atom stereocenters. The number of halogens is 1. The van der Waals surface area contributed by atoms with E-state index in [1.165, 1.54) is 18.2 Å². The highest BCUT2D eigenvalue weighted by Gasteiger charge is 2.21. The maximum atomic E-state index is 12.0. The van der Waals surface area contributed by atoms with Gasteiger partial charge in [-0.1, -0.05) is 18.5 Å². The largest absolute Gasteiger partial charge is 0.452 e. The Morgan fingerprint density at radius 2 is 2.05 bits per heavy atom. The number of likely N-dealkylation sites (tertiary alicyclic amines) is 1. The molecule has 5 nitrogen and oxygen atoms in total. The van der Waals surface area contributed by atoms with E-state index in [4.69, 9.17) is 22.1 Å². The Bertz CT molecular complexity index is 540. The molecule has 1 saturated heterocycles. The molecule has 1 fully saturated rings. The summed E-state index contributed by atoms with van der Waals surface area (Å²) in [6, 6.07) is 4.49. The lowest BCUT2D eigenvalue weighted by atomic mass is 9.99. The number of rotatable bonds is 3. The fraction of sp³-hybridized carbons (Fsp3) is 0.467. The Kier molecular flexibility index (Phi) is 5.07. The molecule has 0 atom stereocenters. The second-order valence-corrected chi connectivity index (χ2v) is 5.78. The third kappa shape index (κ3) is 4.11. The van der Waals surface area contributed by atoms with Gasteiger partial charge in [0.05, 0.1) is 16.3 Å². The zero-order valence-electron chi connectivity index (χ0n) is 12.0. The highest BCUT2D eigenvalue weighted by molar-refractivity contribution is 6.33. The molecule has 0 radical (unpaired) electrons. The molecular weight excluding hydrogens is 292 g/mol. The summed E-state index contributed by atoms with van der Waals surface area (Å²) in [5.74, 6) is -0.0806. The summed E-state index contributed by atoms with van der Waals surface area (Å²) < 4.78 is 5.04. The molecule has 0 saturated carbocycles. The molecule has 1 aliphatic rings. The predicted octanol–water partition coefficient (Wildman–Crippen LogP) is 2.34. The van der Waals surface area contributed by atoms with Gasteiger partial charge in [0.15, 0.2) is 6.61 Å². The number of nitrogens with two attached hydrogens (primary N) is 1. The van der Waals surface area contributed by atoms with Crippen molar-refractivity contribution < 1.29 is 14.3 Å². The van der Waals surface area contributed by atoms with Crippen LogP contribution >= 0.6 is 11.6 Å². The van der Waals surface area contributed by atoms with E-state index in [-0.39, 0.29) is 18.1 Å². The van der Waals surface area contributed by atoms with Crippen molar-refractivity contribution >= 4 is 29.2 Å². The number of carbonyl (C=O) groups excluding carboxylic acids is 2. The van der Waals surface area contributed by atoms with Crippen molar-refractivity contribution in [1.82, 2.24) is 4.90 Å². The van der Waals surface area contributed by atoms with Crippen LogP contribution in [0.5, 0.6) is 0 Å². The van der Waals surface area contributed by atoms with E-state index >= 15 is 0 Å². The lowest BCUT2D eigenvalue weighted by molar-refractivity contribution is -0.135. The molecule has 2 N–H and O–H groups in total. The van der Waals surface area contributed by atoms with Gasteiger partial charge in [-0.2, -0.15) is 0 Å². The summed E-state index contributed by atoms with van der Waals surface area (Å²) in [4.78, 5) is 25.6. The van der Waals surface area contributed by atoms with Gasteiger partial charge in [-0.15, -0.1) is 0 Å². The molecule has 0 bridgehead atoms. The molecule has 0 aromatic heterocycles. The van der Waals surface area contributed by atoms with Crippen molar-refractivity contribution in [3.8, 4) is 0 Å². The van der Waals surface area contributed by atoms with Crippen molar-refractivity contribution in [1.29, 1.82) is 0 Å². The summed E-state index contributed by atoms with van der Waals surface area (Å²) in [5.41, 5.74) is 6.23. The van der Waals surface area contributed by atoms with Crippen LogP contribution in [0.3, 0.4) is 0 Å². The number of carbonyl (C=O) groups is 2. The molecule has 1 amide bonds. The van der Waals surface area contributed by atoms with E-state index in [1.54, 1.807) is 4.90 Å². The average molecular weight is 311 g/mol. The zero-order chi connectivity index (χ0) is 15.4. The predicted molar refractivity (Wildman–Crippen MR) is 81.1 cm³/mol. The number of anilines is 1. The Morgan fingerprint density at radius 1 is 1.38 bits per heavy atom. The van der Waals surface area contributed by atoms with Crippen LogP contribution in [-0.4, -0.2) is 36.5 Å². The molecule has 21 heavy (non-hydrogen) atoms. The van der Waals surface area contributed by atoms with Crippen molar-refractivity contribution in [3.05, 3.63) is 28.8 Å². The minimum Gasteiger partial charge on any atom is -0.452 e. The van der Waals surface area contributed by atoms with E-state index in [1.807, 2.05) is 0 Å². The SMILES string of the molecule is CC1CCN(C(=O)COC(=O)c2ccc(Cl)c(N)c2)CC1. The first-order valence-corrected chi connectivity index (χ1v) is 7.35. The molecular formula is C15H19ClN2O3. The second kappa shape index (κ2) is 6.80. The first-order chi connectivity index (χ1) is 9.97. The monoisotopic (exact) mass is 310 g/mol. The van der Waals surface area contributed by atoms with Gasteiger partial charge in [-0.3, -0.25) is 4.79 Å². The van der Waals surface area contributed by atoms with Gasteiger partial charge in [0.2, 0.25) is 0 Å². The molecule has 0 spiro atoms. The first-order valence-electron chi connectivity index (χ1n) is 6.97. The molecule has 1 aromatic carbocycles. The van der Waals surface area contributed by atoms with Gasteiger partial charge in [0.25, 0.3) is 5.91 Å².